The Hall–Kier alpha value is -4.36. The molecule has 35 heavy (non-hydrogen) atoms. The average Bonchev–Trinajstić information content (AvgIpc) is 3.30. The molecule has 1 saturated heterocycles. The van der Waals surface area contributed by atoms with E-state index in [1.807, 2.05) is 110 Å². The zero-order valence-corrected chi connectivity index (χ0v) is 19.8. The van der Waals surface area contributed by atoms with Crippen LogP contribution in [0.1, 0.15) is 19.4 Å². The van der Waals surface area contributed by atoms with Crippen molar-refractivity contribution < 1.29 is 9.59 Å². The number of anilines is 2. The lowest BCUT2D eigenvalue weighted by molar-refractivity contribution is -0.114. The summed E-state index contributed by atoms with van der Waals surface area (Å²) in [4.78, 5) is 32.0. The lowest BCUT2D eigenvalue weighted by Gasteiger charge is -2.25. The van der Waals surface area contributed by atoms with Crippen LogP contribution in [0.4, 0.5) is 11.4 Å². The number of rotatable bonds is 4. The monoisotopic (exact) mass is 463 g/mol. The van der Waals surface area contributed by atoms with Gasteiger partial charge in [-0.2, -0.15) is 10.1 Å². The topological polar surface area (TPSA) is 68.6 Å². The van der Waals surface area contributed by atoms with Crippen molar-refractivity contribution in [2.24, 2.45) is 10.1 Å². The van der Waals surface area contributed by atoms with Gasteiger partial charge in [0.2, 0.25) is 0 Å². The number of benzene rings is 3. The van der Waals surface area contributed by atoms with Gasteiger partial charge in [0.1, 0.15) is 5.71 Å². The molecule has 174 valence electrons. The van der Waals surface area contributed by atoms with Crippen LogP contribution in [0.5, 0.6) is 0 Å². The van der Waals surface area contributed by atoms with E-state index in [4.69, 9.17) is 4.99 Å². The largest absolute Gasteiger partial charge is 0.288 e. The highest BCUT2D eigenvalue weighted by atomic mass is 16.2. The molecule has 2 heterocycles. The maximum absolute atomic E-state index is 13.6. The molecule has 7 heteroatoms. The molecule has 0 aromatic heterocycles. The number of hydrazone groups is 1. The van der Waals surface area contributed by atoms with E-state index in [1.165, 1.54) is 5.01 Å². The van der Waals surface area contributed by atoms with Crippen LogP contribution >= 0.6 is 0 Å². The third kappa shape index (κ3) is 3.96. The minimum Gasteiger partial charge on any atom is -0.267 e. The Morgan fingerprint density at radius 2 is 1.34 bits per heavy atom. The second-order valence-electron chi connectivity index (χ2n) is 8.43. The standard InChI is InChI=1S/C28H25N5O2/c1-19-24(27(34)32(30-19)22-15-9-5-10-16-22)26(21-13-7-4-8-14-21)29-25-20(2)31(3)33(28(25)35)23-17-11-6-12-18-23/h4-18,20H,1-3H3/b26-24-,29-25?. The number of para-hydroxylation sites is 2. The summed E-state index contributed by atoms with van der Waals surface area (Å²) in [7, 11) is 1.86. The lowest BCUT2D eigenvalue weighted by atomic mass is 10.0. The molecule has 3 aromatic rings. The van der Waals surface area contributed by atoms with Gasteiger partial charge in [-0.3, -0.25) is 9.59 Å². The van der Waals surface area contributed by atoms with Crippen molar-refractivity contribution in [3.8, 4) is 0 Å². The Kier molecular flexibility index (Phi) is 5.84. The first-order valence-corrected chi connectivity index (χ1v) is 11.4. The molecule has 1 atom stereocenters. The molecule has 0 N–H and O–H groups in total. The van der Waals surface area contributed by atoms with Crippen molar-refractivity contribution in [3.05, 3.63) is 102 Å². The summed E-state index contributed by atoms with van der Waals surface area (Å²) < 4.78 is 0. The van der Waals surface area contributed by atoms with Crippen LogP contribution in [-0.4, -0.2) is 41.3 Å². The predicted octanol–water partition coefficient (Wildman–Crippen LogP) is 4.54. The summed E-state index contributed by atoms with van der Waals surface area (Å²) in [5.41, 5.74) is 3.91. The molecule has 0 bridgehead atoms. The van der Waals surface area contributed by atoms with Crippen LogP contribution in [0.2, 0.25) is 0 Å². The Bertz CT molecular complexity index is 1360. The molecule has 1 unspecified atom stereocenters. The number of carbonyl (C=O) groups excluding carboxylic acids is 2. The number of nitrogens with zero attached hydrogens (tertiary/aromatic N) is 5. The van der Waals surface area contributed by atoms with E-state index in [0.29, 0.717) is 28.4 Å². The molecule has 0 saturated carbocycles. The number of carbonyl (C=O) groups is 2. The number of aliphatic imine (C=N–C) groups is 1. The highest BCUT2D eigenvalue weighted by Crippen LogP contribution is 2.32. The van der Waals surface area contributed by atoms with Crippen LogP contribution in [0.25, 0.3) is 5.70 Å². The van der Waals surface area contributed by atoms with Gasteiger partial charge in [0.15, 0.2) is 0 Å². The van der Waals surface area contributed by atoms with E-state index in [-0.39, 0.29) is 17.9 Å². The summed E-state index contributed by atoms with van der Waals surface area (Å²) in [6.07, 6.45) is 0. The van der Waals surface area contributed by atoms with Crippen LogP contribution < -0.4 is 10.0 Å². The Labute approximate surface area is 204 Å². The molecule has 5 rings (SSSR count). The van der Waals surface area contributed by atoms with E-state index >= 15 is 0 Å². The Morgan fingerprint density at radius 3 is 1.94 bits per heavy atom. The molecule has 2 amide bonds. The van der Waals surface area contributed by atoms with Crippen molar-refractivity contribution in [2.75, 3.05) is 17.1 Å². The van der Waals surface area contributed by atoms with E-state index in [0.717, 1.165) is 11.3 Å². The molecule has 0 aliphatic carbocycles. The second kappa shape index (κ2) is 9.12. The maximum atomic E-state index is 13.6. The molecule has 2 aliphatic heterocycles. The van der Waals surface area contributed by atoms with E-state index in [9.17, 15) is 9.59 Å². The number of amides is 2. The summed E-state index contributed by atoms with van der Waals surface area (Å²) in [6.45, 7) is 3.72. The molecular formula is C28H25N5O2. The van der Waals surface area contributed by atoms with Gasteiger partial charge in [-0.1, -0.05) is 66.7 Å². The molecular weight excluding hydrogens is 438 g/mol. The predicted molar refractivity (Wildman–Crippen MR) is 139 cm³/mol. The van der Waals surface area contributed by atoms with Crippen LogP contribution in [0.3, 0.4) is 0 Å². The fraction of sp³-hybridized carbons (Fsp3) is 0.143. The third-order valence-electron chi connectivity index (χ3n) is 6.22. The average molecular weight is 464 g/mol. The second-order valence-corrected chi connectivity index (χ2v) is 8.43. The fourth-order valence-corrected chi connectivity index (χ4v) is 4.29. The van der Waals surface area contributed by atoms with Crippen molar-refractivity contribution in [3.63, 3.8) is 0 Å². The molecule has 0 spiro atoms. The van der Waals surface area contributed by atoms with Gasteiger partial charge in [-0.15, -0.1) is 0 Å². The van der Waals surface area contributed by atoms with E-state index in [1.54, 1.807) is 11.9 Å². The highest BCUT2D eigenvalue weighted by Gasteiger charge is 2.41. The molecule has 1 fully saturated rings. The maximum Gasteiger partial charge on any atom is 0.288 e. The quantitative estimate of drug-likeness (QED) is 0.534. The van der Waals surface area contributed by atoms with Gasteiger partial charge in [-0.25, -0.2) is 15.0 Å². The summed E-state index contributed by atoms with van der Waals surface area (Å²) in [5, 5.41) is 9.38. The third-order valence-corrected chi connectivity index (χ3v) is 6.22. The molecule has 0 radical (unpaired) electrons. The van der Waals surface area contributed by atoms with Crippen molar-refractivity contribution in [1.82, 2.24) is 5.01 Å². The van der Waals surface area contributed by atoms with Gasteiger partial charge in [0.25, 0.3) is 11.8 Å². The lowest BCUT2D eigenvalue weighted by Crippen LogP contribution is -2.38. The summed E-state index contributed by atoms with van der Waals surface area (Å²) in [5.74, 6) is -0.497. The van der Waals surface area contributed by atoms with Crippen molar-refractivity contribution in [1.29, 1.82) is 0 Å². The SMILES string of the molecule is CC1=NN(c2ccccc2)C(=O)/C1=C(\N=C1C(=O)N(c2ccccc2)N(C)C1C)c1ccccc1. The first kappa shape index (κ1) is 22.4. The van der Waals surface area contributed by atoms with Gasteiger partial charge in [-0.05, 0) is 38.1 Å². The van der Waals surface area contributed by atoms with Gasteiger partial charge in [0, 0.05) is 12.6 Å². The van der Waals surface area contributed by atoms with Crippen LogP contribution in [0.15, 0.2) is 107 Å². The van der Waals surface area contributed by atoms with Crippen molar-refractivity contribution in [2.45, 2.75) is 19.9 Å². The molecule has 2 aliphatic rings. The first-order chi connectivity index (χ1) is 17.0. The number of hydrogen-bond donors (Lipinski definition) is 0. The van der Waals surface area contributed by atoms with Crippen LogP contribution in [-0.2, 0) is 9.59 Å². The normalized spacial score (nSPS) is 21.2. The molecule has 7 nitrogen and oxygen atoms in total. The van der Waals surface area contributed by atoms with E-state index < -0.39 is 0 Å². The number of hydrazine groups is 1. The smallest absolute Gasteiger partial charge is 0.267 e. The zero-order valence-electron chi connectivity index (χ0n) is 19.8. The zero-order chi connectivity index (χ0) is 24.5. The fourth-order valence-electron chi connectivity index (χ4n) is 4.29. The summed E-state index contributed by atoms with van der Waals surface area (Å²) >= 11 is 0. The van der Waals surface area contributed by atoms with Gasteiger partial charge >= 0.3 is 0 Å². The summed E-state index contributed by atoms with van der Waals surface area (Å²) in [6, 6.07) is 27.9. The highest BCUT2D eigenvalue weighted by molar-refractivity contribution is 6.48. The Morgan fingerprint density at radius 1 is 0.800 bits per heavy atom. The van der Waals surface area contributed by atoms with Gasteiger partial charge in [0.05, 0.1) is 34.4 Å². The van der Waals surface area contributed by atoms with Crippen LogP contribution in [0, 0.1) is 0 Å². The minimum atomic E-state index is -0.291. The van der Waals surface area contributed by atoms with E-state index in [2.05, 4.69) is 5.10 Å². The Balaban J connectivity index is 1.64. The van der Waals surface area contributed by atoms with Gasteiger partial charge < -0.3 is 0 Å². The first-order valence-electron chi connectivity index (χ1n) is 11.4. The minimum absolute atomic E-state index is 0.222. The molecule has 3 aromatic carbocycles. The number of hydrogen-bond acceptors (Lipinski definition) is 5. The van der Waals surface area contributed by atoms with Crippen molar-refractivity contribution >= 4 is 40.3 Å².